The highest BCUT2D eigenvalue weighted by atomic mass is 31.2. The van der Waals surface area contributed by atoms with Crippen molar-refractivity contribution < 1.29 is 42.1 Å². The predicted molar refractivity (Wildman–Crippen MR) is 248 cm³/mol. The molecular weight excluding hydrogens is 762 g/mol. The number of quaternary nitrogens is 1. The highest BCUT2D eigenvalue weighted by Gasteiger charge is 2.27. The summed E-state index contributed by atoms with van der Waals surface area (Å²) in [5.41, 5.74) is 0. The standard InChI is InChI=1S/C49H96NO8P/c1-6-8-10-12-14-16-18-20-22-24-25-26-28-30-32-34-36-38-40-42-49(52)58-47(46-57-59(53,54)56-44-43-50(3,4)5)45-55-48(51)41-39-37-35-33-31-29-27-23-21-19-17-15-13-11-9-7-2/h23,27,47H,6-22,24-26,28-46H2,1-5H3/p+1/b27-23-/t47-/m1/s1. The third kappa shape index (κ3) is 46.1. The zero-order chi connectivity index (χ0) is 43.6. The van der Waals surface area contributed by atoms with Crippen LogP contribution in [0.1, 0.15) is 239 Å². The molecule has 0 aromatic carbocycles. The van der Waals surface area contributed by atoms with Crippen LogP contribution in [0.2, 0.25) is 0 Å². The van der Waals surface area contributed by atoms with Crippen molar-refractivity contribution in [2.75, 3.05) is 47.5 Å². The number of nitrogens with zero attached hydrogens (tertiary/aromatic N) is 1. The number of hydrogen-bond donors (Lipinski definition) is 1. The molecule has 9 nitrogen and oxygen atoms in total. The van der Waals surface area contributed by atoms with Gasteiger partial charge in [-0.15, -0.1) is 0 Å². The Labute approximate surface area is 365 Å². The first-order valence-corrected chi connectivity index (χ1v) is 26.4. The van der Waals surface area contributed by atoms with Crippen LogP contribution < -0.4 is 0 Å². The predicted octanol–water partition coefficient (Wildman–Crippen LogP) is 14.5. The van der Waals surface area contributed by atoms with Gasteiger partial charge in [-0.2, -0.15) is 0 Å². The van der Waals surface area contributed by atoms with E-state index >= 15 is 0 Å². The average molecular weight is 859 g/mol. The largest absolute Gasteiger partial charge is 0.472 e. The van der Waals surface area contributed by atoms with Gasteiger partial charge in [0.1, 0.15) is 19.8 Å². The molecule has 0 aromatic heterocycles. The van der Waals surface area contributed by atoms with Crippen LogP contribution in [0.25, 0.3) is 0 Å². The van der Waals surface area contributed by atoms with Gasteiger partial charge in [-0.3, -0.25) is 18.6 Å². The van der Waals surface area contributed by atoms with E-state index < -0.39 is 26.5 Å². The Kier molecular flexibility index (Phi) is 41.2. The minimum atomic E-state index is -4.37. The van der Waals surface area contributed by atoms with E-state index in [4.69, 9.17) is 18.5 Å². The van der Waals surface area contributed by atoms with E-state index in [0.29, 0.717) is 17.4 Å². The van der Waals surface area contributed by atoms with Gasteiger partial charge in [-0.05, 0) is 38.5 Å². The molecule has 0 aromatic rings. The topological polar surface area (TPSA) is 108 Å². The fourth-order valence-corrected chi connectivity index (χ4v) is 7.87. The zero-order valence-corrected chi connectivity index (χ0v) is 40.4. The summed E-state index contributed by atoms with van der Waals surface area (Å²) in [5.74, 6) is -0.794. The monoisotopic (exact) mass is 859 g/mol. The van der Waals surface area contributed by atoms with Crippen molar-refractivity contribution in [1.29, 1.82) is 0 Å². The Bertz CT molecular complexity index is 1020. The van der Waals surface area contributed by atoms with Gasteiger partial charge < -0.3 is 18.9 Å². The van der Waals surface area contributed by atoms with E-state index in [1.165, 1.54) is 154 Å². The molecule has 0 radical (unpaired) electrons. The summed E-state index contributed by atoms with van der Waals surface area (Å²) in [4.78, 5) is 35.5. The number of carbonyl (C=O) groups is 2. The van der Waals surface area contributed by atoms with Crippen LogP contribution in [0.5, 0.6) is 0 Å². The molecule has 0 rings (SSSR count). The van der Waals surface area contributed by atoms with Crippen LogP contribution in [0.4, 0.5) is 0 Å². The molecule has 0 amide bonds. The fraction of sp³-hybridized carbons (Fsp3) is 0.918. The SMILES string of the molecule is CCCCCCCCC/C=C\CCCCCCCC(=O)OC[C@H](COP(=O)(O)OCC[N+](C)(C)C)OC(=O)CCCCCCCCCCCCCCCCCCCCC. The second-order valence-corrected chi connectivity index (χ2v) is 19.7. The van der Waals surface area contributed by atoms with Gasteiger partial charge in [0.2, 0.25) is 0 Å². The first kappa shape index (κ1) is 57.8. The highest BCUT2D eigenvalue weighted by molar-refractivity contribution is 7.47. The third-order valence-electron chi connectivity index (χ3n) is 11.0. The minimum Gasteiger partial charge on any atom is -0.462 e. The lowest BCUT2D eigenvalue weighted by molar-refractivity contribution is -0.870. The molecule has 0 heterocycles. The van der Waals surface area contributed by atoms with Gasteiger partial charge in [0.25, 0.3) is 0 Å². The number of phosphoric ester groups is 1. The molecule has 350 valence electrons. The lowest BCUT2D eigenvalue weighted by Crippen LogP contribution is -2.37. The van der Waals surface area contributed by atoms with E-state index in [-0.39, 0.29) is 32.0 Å². The number of hydrogen-bond acceptors (Lipinski definition) is 7. The maximum atomic E-state index is 12.7. The van der Waals surface area contributed by atoms with Crippen LogP contribution in [0, 0.1) is 0 Å². The molecule has 0 aliphatic heterocycles. The number of esters is 2. The van der Waals surface area contributed by atoms with Crippen molar-refractivity contribution in [2.24, 2.45) is 0 Å². The van der Waals surface area contributed by atoms with E-state index in [2.05, 4.69) is 26.0 Å². The van der Waals surface area contributed by atoms with Crippen molar-refractivity contribution in [3.8, 4) is 0 Å². The van der Waals surface area contributed by atoms with Crippen LogP contribution in [0.3, 0.4) is 0 Å². The van der Waals surface area contributed by atoms with E-state index in [9.17, 15) is 19.0 Å². The molecule has 0 saturated heterocycles. The van der Waals surface area contributed by atoms with Gasteiger partial charge in [-0.1, -0.05) is 199 Å². The zero-order valence-electron chi connectivity index (χ0n) is 39.5. The Morgan fingerprint density at radius 1 is 0.508 bits per heavy atom. The second-order valence-electron chi connectivity index (χ2n) is 18.2. The van der Waals surface area contributed by atoms with Gasteiger partial charge in [0, 0.05) is 12.8 Å². The van der Waals surface area contributed by atoms with E-state index in [0.717, 1.165) is 51.4 Å². The number of ether oxygens (including phenoxy) is 2. The number of allylic oxidation sites excluding steroid dienone is 2. The number of unbranched alkanes of at least 4 members (excludes halogenated alkanes) is 30. The molecule has 0 saturated carbocycles. The van der Waals surface area contributed by atoms with Gasteiger partial charge in [-0.25, -0.2) is 4.57 Å². The molecule has 1 unspecified atom stereocenters. The number of rotatable bonds is 46. The van der Waals surface area contributed by atoms with E-state index in [1.54, 1.807) is 0 Å². The van der Waals surface area contributed by atoms with Crippen molar-refractivity contribution in [3.63, 3.8) is 0 Å². The minimum absolute atomic E-state index is 0.0339. The summed E-state index contributed by atoms with van der Waals surface area (Å²) in [6, 6.07) is 0. The smallest absolute Gasteiger partial charge is 0.462 e. The first-order valence-electron chi connectivity index (χ1n) is 24.9. The highest BCUT2D eigenvalue weighted by Crippen LogP contribution is 2.43. The average Bonchev–Trinajstić information content (AvgIpc) is 3.19. The quantitative estimate of drug-likeness (QED) is 0.0212. The molecule has 2 atom stereocenters. The summed E-state index contributed by atoms with van der Waals surface area (Å²) in [5, 5.41) is 0. The lowest BCUT2D eigenvalue weighted by atomic mass is 10.0. The summed E-state index contributed by atoms with van der Waals surface area (Å²) in [6.07, 6.45) is 45.4. The Morgan fingerprint density at radius 3 is 1.25 bits per heavy atom. The molecule has 0 fully saturated rings. The Morgan fingerprint density at radius 2 is 0.864 bits per heavy atom. The molecule has 0 spiro atoms. The van der Waals surface area contributed by atoms with E-state index in [1.807, 2.05) is 21.1 Å². The molecule has 59 heavy (non-hydrogen) atoms. The van der Waals surface area contributed by atoms with Crippen molar-refractivity contribution >= 4 is 19.8 Å². The normalized spacial score (nSPS) is 13.5. The van der Waals surface area contributed by atoms with Gasteiger partial charge in [0.05, 0.1) is 27.7 Å². The fourth-order valence-electron chi connectivity index (χ4n) is 7.13. The van der Waals surface area contributed by atoms with Crippen molar-refractivity contribution in [3.05, 3.63) is 12.2 Å². The lowest BCUT2D eigenvalue weighted by Gasteiger charge is -2.24. The number of carbonyl (C=O) groups excluding carboxylic acids is 2. The molecular formula is C49H97NO8P+. The Hall–Kier alpha value is -1.25. The maximum Gasteiger partial charge on any atom is 0.472 e. The van der Waals surface area contributed by atoms with Crippen LogP contribution in [-0.2, 0) is 32.7 Å². The summed E-state index contributed by atoms with van der Waals surface area (Å²) in [7, 11) is 1.49. The molecule has 0 aliphatic rings. The van der Waals surface area contributed by atoms with Gasteiger partial charge in [0.15, 0.2) is 6.10 Å². The van der Waals surface area contributed by atoms with Gasteiger partial charge >= 0.3 is 19.8 Å². The second kappa shape index (κ2) is 42.1. The molecule has 0 bridgehead atoms. The van der Waals surface area contributed by atoms with Crippen LogP contribution in [-0.4, -0.2) is 74.9 Å². The first-order chi connectivity index (χ1) is 28.5. The summed E-state index contributed by atoms with van der Waals surface area (Å²) in [6.45, 7) is 4.46. The van der Waals surface area contributed by atoms with Crippen molar-refractivity contribution in [2.45, 2.75) is 245 Å². The Balaban J connectivity index is 4.25. The summed E-state index contributed by atoms with van der Waals surface area (Å²) < 4.78 is 34.4. The molecule has 1 N–H and O–H groups in total. The molecule has 0 aliphatic carbocycles. The maximum absolute atomic E-state index is 12.7. The number of likely N-dealkylation sites (N-methyl/N-ethyl adjacent to an activating group) is 1. The van der Waals surface area contributed by atoms with Crippen LogP contribution in [0.15, 0.2) is 12.2 Å². The molecule has 10 heteroatoms. The number of phosphoric acid groups is 1. The summed E-state index contributed by atoms with van der Waals surface area (Å²) >= 11 is 0. The third-order valence-corrected chi connectivity index (χ3v) is 12.0. The van der Waals surface area contributed by atoms with Crippen molar-refractivity contribution in [1.82, 2.24) is 0 Å². The van der Waals surface area contributed by atoms with Crippen LogP contribution >= 0.6 is 7.82 Å².